The summed E-state index contributed by atoms with van der Waals surface area (Å²) in [6.07, 6.45) is 5.57. The number of carboxylic acids is 1. The van der Waals surface area contributed by atoms with Gasteiger partial charge in [-0.1, -0.05) is 30.0 Å². The Morgan fingerprint density at radius 3 is 2.71 bits per heavy atom. The molecule has 2 heterocycles. The van der Waals surface area contributed by atoms with E-state index >= 15 is 0 Å². The summed E-state index contributed by atoms with van der Waals surface area (Å²) in [4.78, 5) is 28.1. The van der Waals surface area contributed by atoms with E-state index in [2.05, 4.69) is 22.1 Å². The minimum atomic E-state index is -0.936. The predicted octanol–water partition coefficient (Wildman–Crippen LogP) is 4.23. The van der Waals surface area contributed by atoms with Crippen LogP contribution in [-0.2, 0) is 12.8 Å². The molecule has 0 radical (unpaired) electrons. The van der Waals surface area contributed by atoms with Crippen molar-refractivity contribution in [2.45, 2.75) is 19.3 Å². The molecular weight excluding hydrogens is 388 g/mol. The third kappa shape index (κ3) is 4.99. The molecule has 0 saturated heterocycles. The van der Waals surface area contributed by atoms with Crippen LogP contribution in [0.25, 0.3) is 0 Å². The molecule has 0 spiro atoms. The average Bonchev–Trinajstić information content (AvgIpc) is 2.80. The number of carboxylic acid groups (broad SMARTS) is 1. The SMILES string of the molecule is O=C(O)c1ccc(CCC2CNc3ccc(C#CCc4cccnc4)cc3C2=O)cc1. The standard InChI is InChI=1S/C26H22N2O3/c29-25-22(12-8-18-6-10-21(11-7-18)26(30)31)17-28-24-13-9-19(15-23(24)25)3-1-4-20-5-2-14-27-16-20/h2,5-7,9-11,13-16,22,28H,4,8,12,17H2,(H,30,31). The van der Waals surface area contributed by atoms with E-state index in [1.54, 1.807) is 24.5 Å². The lowest BCUT2D eigenvalue weighted by molar-refractivity contribution is 0.0696. The molecule has 3 aromatic rings. The minimum Gasteiger partial charge on any atom is -0.478 e. The molecule has 0 saturated carbocycles. The van der Waals surface area contributed by atoms with Crippen molar-refractivity contribution in [3.8, 4) is 11.8 Å². The van der Waals surface area contributed by atoms with Crippen LogP contribution < -0.4 is 5.32 Å². The van der Waals surface area contributed by atoms with Crippen LogP contribution in [0.2, 0.25) is 0 Å². The van der Waals surface area contributed by atoms with E-state index in [0.717, 1.165) is 28.8 Å². The van der Waals surface area contributed by atoms with Gasteiger partial charge in [0.1, 0.15) is 0 Å². The number of aryl methyl sites for hydroxylation is 1. The molecule has 31 heavy (non-hydrogen) atoms. The summed E-state index contributed by atoms with van der Waals surface area (Å²) in [6.45, 7) is 0.602. The first kappa shape index (κ1) is 20.4. The quantitative estimate of drug-likeness (QED) is 0.616. The number of aromatic nitrogens is 1. The second-order valence-corrected chi connectivity index (χ2v) is 7.58. The van der Waals surface area contributed by atoms with Crippen molar-refractivity contribution in [2.75, 3.05) is 11.9 Å². The summed E-state index contributed by atoms with van der Waals surface area (Å²) in [6, 6.07) is 16.4. The van der Waals surface area contributed by atoms with E-state index in [1.807, 2.05) is 42.5 Å². The number of fused-ring (bicyclic) bond motifs is 1. The Labute approximate surface area is 181 Å². The first-order valence-corrected chi connectivity index (χ1v) is 10.2. The van der Waals surface area contributed by atoms with E-state index in [9.17, 15) is 9.59 Å². The number of rotatable bonds is 5. The largest absolute Gasteiger partial charge is 0.478 e. The van der Waals surface area contributed by atoms with Crippen LogP contribution >= 0.6 is 0 Å². The number of nitrogens with zero attached hydrogens (tertiary/aromatic N) is 1. The van der Waals surface area contributed by atoms with Crippen molar-refractivity contribution in [1.82, 2.24) is 4.98 Å². The number of aromatic carboxylic acids is 1. The normalized spacial score (nSPS) is 14.7. The average molecular weight is 410 g/mol. The number of hydrogen-bond donors (Lipinski definition) is 2. The van der Waals surface area contributed by atoms with Gasteiger partial charge in [0.2, 0.25) is 0 Å². The molecule has 2 N–H and O–H groups in total. The number of carbonyl (C=O) groups is 2. The zero-order chi connectivity index (χ0) is 21.6. The summed E-state index contributed by atoms with van der Waals surface area (Å²) in [5, 5.41) is 12.4. The summed E-state index contributed by atoms with van der Waals surface area (Å²) < 4.78 is 0. The van der Waals surface area contributed by atoms with E-state index in [4.69, 9.17) is 5.11 Å². The zero-order valence-corrected chi connectivity index (χ0v) is 17.0. The van der Waals surface area contributed by atoms with Crippen molar-refractivity contribution >= 4 is 17.4 Å². The number of pyridine rings is 1. The van der Waals surface area contributed by atoms with E-state index < -0.39 is 5.97 Å². The van der Waals surface area contributed by atoms with Gasteiger partial charge in [0, 0.05) is 48.1 Å². The maximum atomic E-state index is 13.1. The maximum absolute atomic E-state index is 13.1. The summed E-state index contributed by atoms with van der Waals surface area (Å²) >= 11 is 0. The van der Waals surface area contributed by atoms with Gasteiger partial charge in [-0.05, 0) is 60.4 Å². The van der Waals surface area contributed by atoms with Crippen LogP contribution in [0.5, 0.6) is 0 Å². The molecular formula is C26H22N2O3. The maximum Gasteiger partial charge on any atom is 0.335 e. The molecule has 2 aromatic carbocycles. The van der Waals surface area contributed by atoms with Crippen LogP contribution in [-0.4, -0.2) is 28.4 Å². The Morgan fingerprint density at radius 1 is 1.13 bits per heavy atom. The highest BCUT2D eigenvalue weighted by molar-refractivity contribution is 6.05. The molecule has 4 rings (SSSR count). The molecule has 1 aliphatic heterocycles. The third-order valence-electron chi connectivity index (χ3n) is 5.43. The fraction of sp³-hybridized carbons (Fsp3) is 0.192. The lowest BCUT2D eigenvalue weighted by Crippen LogP contribution is -2.30. The Balaban J connectivity index is 1.41. The predicted molar refractivity (Wildman–Crippen MR) is 119 cm³/mol. The van der Waals surface area contributed by atoms with Crippen molar-refractivity contribution < 1.29 is 14.7 Å². The topological polar surface area (TPSA) is 79.3 Å². The molecule has 0 fully saturated rings. The Kier molecular flexibility index (Phi) is 6.09. The van der Waals surface area contributed by atoms with Crippen LogP contribution in [0.15, 0.2) is 67.0 Å². The highest BCUT2D eigenvalue weighted by atomic mass is 16.4. The first-order chi connectivity index (χ1) is 15.1. The number of ketones is 1. The third-order valence-corrected chi connectivity index (χ3v) is 5.43. The number of carbonyl (C=O) groups excluding carboxylic acids is 1. The van der Waals surface area contributed by atoms with Crippen LogP contribution in [0.3, 0.4) is 0 Å². The Bertz CT molecular complexity index is 1160. The first-order valence-electron chi connectivity index (χ1n) is 10.2. The van der Waals surface area contributed by atoms with Gasteiger partial charge < -0.3 is 10.4 Å². The molecule has 0 amide bonds. The number of hydrogen-bond acceptors (Lipinski definition) is 4. The Morgan fingerprint density at radius 2 is 1.97 bits per heavy atom. The van der Waals surface area contributed by atoms with Crippen LogP contribution in [0, 0.1) is 17.8 Å². The van der Waals surface area contributed by atoms with Gasteiger partial charge in [0.15, 0.2) is 5.78 Å². The highest BCUT2D eigenvalue weighted by Crippen LogP contribution is 2.28. The van der Waals surface area contributed by atoms with Crippen molar-refractivity contribution in [1.29, 1.82) is 0 Å². The fourth-order valence-electron chi connectivity index (χ4n) is 3.66. The van der Waals surface area contributed by atoms with Crippen LogP contribution in [0.1, 0.15) is 43.8 Å². The lowest BCUT2D eigenvalue weighted by Gasteiger charge is -2.25. The van der Waals surface area contributed by atoms with Gasteiger partial charge in [-0.15, -0.1) is 0 Å². The Hall–Kier alpha value is -3.91. The number of nitrogens with one attached hydrogen (secondary N) is 1. The molecule has 0 aliphatic carbocycles. The highest BCUT2D eigenvalue weighted by Gasteiger charge is 2.27. The molecule has 5 heteroatoms. The second kappa shape index (κ2) is 9.27. The molecule has 0 bridgehead atoms. The fourth-order valence-corrected chi connectivity index (χ4v) is 3.66. The van der Waals surface area contributed by atoms with Gasteiger partial charge in [0.25, 0.3) is 0 Å². The second-order valence-electron chi connectivity index (χ2n) is 7.58. The molecule has 1 aliphatic rings. The number of Topliss-reactive ketones (excluding diaryl/α,β-unsaturated/α-hetero) is 1. The lowest BCUT2D eigenvalue weighted by atomic mass is 9.87. The molecule has 5 nitrogen and oxygen atoms in total. The molecule has 1 unspecified atom stereocenters. The minimum absolute atomic E-state index is 0.120. The molecule has 154 valence electrons. The van der Waals surface area contributed by atoms with Gasteiger partial charge in [-0.2, -0.15) is 0 Å². The van der Waals surface area contributed by atoms with Crippen LogP contribution in [0.4, 0.5) is 5.69 Å². The molecule has 1 atom stereocenters. The van der Waals surface area contributed by atoms with Crippen molar-refractivity contribution in [2.24, 2.45) is 5.92 Å². The number of benzene rings is 2. The van der Waals surface area contributed by atoms with E-state index in [-0.39, 0.29) is 17.3 Å². The van der Waals surface area contributed by atoms with E-state index in [1.165, 1.54) is 0 Å². The van der Waals surface area contributed by atoms with Gasteiger partial charge in [-0.3, -0.25) is 9.78 Å². The molecule has 1 aromatic heterocycles. The zero-order valence-electron chi connectivity index (χ0n) is 17.0. The van der Waals surface area contributed by atoms with Crippen molar-refractivity contribution in [3.63, 3.8) is 0 Å². The number of anilines is 1. The summed E-state index contributed by atoms with van der Waals surface area (Å²) in [5.74, 6) is 5.37. The smallest absolute Gasteiger partial charge is 0.335 e. The van der Waals surface area contributed by atoms with Gasteiger partial charge in [-0.25, -0.2) is 4.79 Å². The van der Waals surface area contributed by atoms with Crippen molar-refractivity contribution in [3.05, 3.63) is 94.8 Å². The van der Waals surface area contributed by atoms with E-state index in [0.29, 0.717) is 24.9 Å². The summed E-state index contributed by atoms with van der Waals surface area (Å²) in [7, 11) is 0. The van der Waals surface area contributed by atoms with Gasteiger partial charge >= 0.3 is 5.97 Å². The monoisotopic (exact) mass is 410 g/mol. The van der Waals surface area contributed by atoms with Gasteiger partial charge in [0.05, 0.1) is 5.56 Å². The summed E-state index contributed by atoms with van der Waals surface area (Å²) in [5.41, 5.74) is 4.71.